The van der Waals surface area contributed by atoms with Gasteiger partial charge in [-0.2, -0.15) is 13.2 Å². The molecule has 1 aromatic rings. The van der Waals surface area contributed by atoms with Gasteiger partial charge in [0, 0.05) is 13.0 Å². The van der Waals surface area contributed by atoms with Crippen LogP contribution in [0, 0.1) is 0 Å². The van der Waals surface area contributed by atoms with Crippen molar-refractivity contribution in [2.75, 3.05) is 26.9 Å². The van der Waals surface area contributed by atoms with E-state index in [1.54, 1.807) is 12.1 Å². The summed E-state index contributed by atoms with van der Waals surface area (Å²) in [5.74, 6) is 1.01. The van der Waals surface area contributed by atoms with Crippen molar-refractivity contribution in [3.63, 3.8) is 0 Å². The lowest BCUT2D eigenvalue weighted by atomic mass is 10.2. The highest BCUT2D eigenvalue weighted by Crippen LogP contribution is 2.36. The van der Waals surface area contributed by atoms with E-state index < -0.39 is 12.8 Å². The van der Waals surface area contributed by atoms with Gasteiger partial charge in [0.15, 0.2) is 11.5 Å². The van der Waals surface area contributed by atoms with Gasteiger partial charge >= 0.3 is 6.18 Å². The predicted octanol–water partition coefficient (Wildman–Crippen LogP) is 3.26. The van der Waals surface area contributed by atoms with Gasteiger partial charge in [-0.05, 0) is 33.6 Å². The standard InChI is InChI=1S/C13H17BrF3NO3/c1-19-11-6-9(7-18)5-10(14)12(11)21-4-2-3-20-8-13(15,16)17/h5-6H,2-4,7-8,18H2,1H3. The van der Waals surface area contributed by atoms with Crippen LogP contribution in [0.25, 0.3) is 0 Å². The lowest BCUT2D eigenvalue weighted by Gasteiger charge is -2.14. The van der Waals surface area contributed by atoms with Crippen LogP contribution in [0.5, 0.6) is 11.5 Å². The lowest BCUT2D eigenvalue weighted by molar-refractivity contribution is -0.174. The van der Waals surface area contributed by atoms with Crippen molar-refractivity contribution in [1.82, 2.24) is 0 Å². The molecular weight excluding hydrogens is 355 g/mol. The highest BCUT2D eigenvalue weighted by Gasteiger charge is 2.27. The molecule has 0 aliphatic carbocycles. The van der Waals surface area contributed by atoms with Gasteiger partial charge in [-0.25, -0.2) is 0 Å². The van der Waals surface area contributed by atoms with Gasteiger partial charge < -0.3 is 19.9 Å². The molecule has 4 nitrogen and oxygen atoms in total. The van der Waals surface area contributed by atoms with Gasteiger partial charge in [-0.3, -0.25) is 0 Å². The number of ether oxygens (including phenoxy) is 3. The number of methoxy groups -OCH3 is 1. The van der Waals surface area contributed by atoms with Crippen LogP contribution < -0.4 is 15.2 Å². The molecule has 2 N–H and O–H groups in total. The minimum Gasteiger partial charge on any atom is -0.493 e. The Kier molecular flexibility index (Phi) is 7.27. The maximum Gasteiger partial charge on any atom is 0.411 e. The highest BCUT2D eigenvalue weighted by molar-refractivity contribution is 9.10. The maximum atomic E-state index is 11.9. The molecule has 0 saturated carbocycles. The first-order chi connectivity index (χ1) is 9.87. The monoisotopic (exact) mass is 371 g/mol. The molecule has 0 aliphatic heterocycles. The Hall–Kier alpha value is -0.990. The Morgan fingerprint density at radius 2 is 1.95 bits per heavy atom. The minimum absolute atomic E-state index is 0.0275. The van der Waals surface area contributed by atoms with Gasteiger partial charge in [0.2, 0.25) is 0 Å². The number of halogens is 4. The summed E-state index contributed by atoms with van der Waals surface area (Å²) in [6.07, 6.45) is -3.96. The Morgan fingerprint density at radius 1 is 1.24 bits per heavy atom. The third kappa shape index (κ3) is 6.54. The molecule has 1 rings (SSSR count). The average Bonchev–Trinajstić information content (AvgIpc) is 2.42. The van der Waals surface area contributed by atoms with E-state index in [0.717, 1.165) is 5.56 Å². The predicted molar refractivity (Wildman–Crippen MR) is 75.6 cm³/mol. The molecule has 0 amide bonds. The van der Waals surface area contributed by atoms with Crippen LogP contribution in [-0.2, 0) is 11.3 Å². The van der Waals surface area contributed by atoms with E-state index in [4.69, 9.17) is 15.2 Å². The topological polar surface area (TPSA) is 53.7 Å². The molecule has 0 aliphatic rings. The summed E-state index contributed by atoms with van der Waals surface area (Å²) in [7, 11) is 1.50. The highest BCUT2D eigenvalue weighted by atomic mass is 79.9. The third-order valence-electron chi connectivity index (χ3n) is 2.47. The Labute approximate surface area is 129 Å². The fourth-order valence-electron chi connectivity index (χ4n) is 1.55. The summed E-state index contributed by atoms with van der Waals surface area (Å²) in [6.45, 7) is -0.694. The molecule has 0 saturated heterocycles. The molecule has 0 bridgehead atoms. The maximum absolute atomic E-state index is 11.9. The Bertz CT molecular complexity index is 455. The van der Waals surface area contributed by atoms with Gasteiger partial charge in [0.1, 0.15) is 6.61 Å². The van der Waals surface area contributed by atoms with Crippen LogP contribution in [0.4, 0.5) is 13.2 Å². The number of hydrogen-bond donors (Lipinski definition) is 1. The van der Waals surface area contributed by atoms with Gasteiger partial charge in [0.05, 0.1) is 24.8 Å². The first-order valence-corrected chi connectivity index (χ1v) is 7.00. The van der Waals surface area contributed by atoms with Crippen LogP contribution in [0.2, 0.25) is 0 Å². The van der Waals surface area contributed by atoms with E-state index in [1.807, 2.05) is 0 Å². The van der Waals surface area contributed by atoms with Crippen molar-refractivity contribution in [3.05, 3.63) is 22.2 Å². The van der Waals surface area contributed by atoms with Crippen molar-refractivity contribution in [1.29, 1.82) is 0 Å². The average molecular weight is 372 g/mol. The summed E-state index contributed by atoms with van der Waals surface area (Å²) >= 11 is 3.35. The zero-order valence-electron chi connectivity index (χ0n) is 11.5. The van der Waals surface area contributed by atoms with Gasteiger partial charge in [-0.1, -0.05) is 0 Å². The largest absolute Gasteiger partial charge is 0.493 e. The van der Waals surface area contributed by atoms with Crippen LogP contribution in [-0.4, -0.2) is 33.1 Å². The van der Waals surface area contributed by atoms with Crippen molar-refractivity contribution in [2.45, 2.75) is 19.1 Å². The van der Waals surface area contributed by atoms with E-state index in [1.165, 1.54) is 7.11 Å². The molecular formula is C13H17BrF3NO3. The zero-order chi connectivity index (χ0) is 15.9. The number of nitrogens with two attached hydrogens (primary N) is 1. The van der Waals surface area contributed by atoms with Gasteiger partial charge in [-0.15, -0.1) is 0 Å². The SMILES string of the molecule is COc1cc(CN)cc(Br)c1OCCCOCC(F)(F)F. The normalized spacial score (nSPS) is 11.5. The third-order valence-corrected chi connectivity index (χ3v) is 3.06. The van der Waals surface area contributed by atoms with E-state index in [-0.39, 0.29) is 13.2 Å². The Morgan fingerprint density at radius 3 is 2.52 bits per heavy atom. The molecule has 0 fully saturated rings. The number of alkyl halides is 3. The second kappa shape index (κ2) is 8.45. The second-order valence-electron chi connectivity index (χ2n) is 4.18. The molecule has 120 valence electrons. The summed E-state index contributed by atoms with van der Waals surface area (Å²) in [5, 5.41) is 0. The van der Waals surface area contributed by atoms with Crippen LogP contribution >= 0.6 is 15.9 Å². The molecule has 8 heteroatoms. The molecule has 21 heavy (non-hydrogen) atoms. The first-order valence-electron chi connectivity index (χ1n) is 6.21. The van der Waals surface area contributed by atoms with E-state index in [2.05, 4.69) is 20.7 Å². The smallest absolute Gasteiger partial charge is 0.411 e. The molecule has 0 atom stereocenters. The Balaban J connectivity index is 2.45. The molecule has 0 heterocycles. The van der Waals surface area contributed by atoms with Gasteiger partial charge in [0.25, 0.3) is 0 Å². The fourth-order valence-corrected chi connectivity index (χ4v) is 2.16. The summed E-state index contributed by atoms with van der Waals surface area (Å²) in [5.41, 5.74) is 6.43. The van der Waals surface area contributed by atoms with Crippen molar-refractivity contribution in [3.8, 4) is 11.5 Å². The molecule has 1 aromatic carbocycles. The van der Waals surface area contributed by atoms with E-state index in [0.29, 0.717) is 28.9 Å². The first kappa shape index (κ1) is 18.1. The minimum atomic E-state index is -4.30. The second-order valence-corrected chi connectivity index (χ2v) is 5.04. The van der Waals surface area contributed by atoms with Crippen LogP contribution in [0.15, 0.2) is 16.6 Å². The summed E-state index contributed by atoms with van der Waals surface area (Å²) < 4.78 is 51.5. The molecule has 0 unspecified atom stereocenters. The number of benzene rings is 1. The molecule has 0 spiro atoms. The summed E-state index contributed by atoms with van der Waals surface area (Å²) in [4.78, 5) is 0. The fraction of sp³-hybridized carbons (Fsp3) is 0.538. The lowest BCUT2D eigenvalue weighted by Crippen LogP contribution is -2.18. The van der Waals surface area contributed by atoms with Crippen molar-refractivity contribution in [2.24, 2.45) is 5.73 Å². The van der Waals surface area contributed by atoms with E-state index in [9.17, 15) is 13.2 Å². The van der Waals surface area contributed by atoms with Crippen LogP contribution in [0.1, 0.15) is 12.0 Å². The molecule has 0 radical (unpaired) electrons. The quantitative estimate of drug-likeness (QED) is 0.712. The number of rotatable bonds is 8. The van der Waals surface area contributed by atoms with Crippen molar-refractivity contribution >= 4 is 15.9 Å². The van der Waals surface area contributed by atoms with Crippen LogP contribution in [0.3, 0.4) is 0 Å². The van der Waals surface area contributed by atoms with Crippen molar-refractivity contribution < 1.29 is 27.4 Å². The molecule has 0 aromatic heterocycles. The zero-order valence-corrected chi connectivity index (χ0v) is 13.1. The van der Waals surface area contributed by atoms with E-state index >= 15 is 0 Å². The summed E-state index contributed by atoms with van der Waals surface area (Å²) in [6, 6.07) is 3.55. The number of hydrogen-bond acceptors (Lipinski definition) is 4.